The number of anilines is 2. The Hall–Kier alpha value is -3.48. The molecule has 2 aromatic carbocycles. The van der Waals surface area contributed by atoms with E-state index in [1.54, 1.807) is 23.6 Å². The average molecular weight is 586 g/mol. The molecule has 1 aliphatic heterocycles. The summed E-state index contributed by atoms with van der Waals surface area (Å²) < 4.78 is 58.3. The Morgan fingerprint density at radius 1 is 1.05 bits per heavy atom. The van der Waals surface area contributed by atoms with Crippen molar-refractivity contribution in [2.45, 2.75) is 54.1 Å². The first-order chi connectivity index (χ1) is 18.5. The van der Waals surface area contributed by atoms with Crippen LogP contribution in [0.4, 0.5) is 11.4 Å². The number of nitrogens with zero attached hydrogens (tertiary/aromatic N) is 1. The molecule has 0 spiro atoms. The highest BCUT2D eigenvalue weighted by Crippen LogP contribution is 2.46. The second-order valence-corrected chi connectivity index (χ2v) is 13.9. The smallest absolute Gasteiger partial charge is 0.286 e. The molecular weight excluding hydrogens is 559 g/mol. The summed E-state index contributed by atoms with van der Waals surface area (Å²) in [5.41, 5.74) is 0.248. The number of carbonyl (C=O) groups excluding carboxylic acids is 1. The van der Waals surface area contributed by atoms with Gasteiger partial charge in [0.25, 0.3) is 20.0 Å². The van der Waals surface area contributed by atoms with Crippen LogP contribution >= 0.6 is 11.3 Å². The zero-order chi connectivity index (χ0) is 28.0. The van der Waals surface area contributed by atoms with E-state index in [-0.39, 0.29) is 43.4 Å². The number of benzene rings is 2. The predicted octanol–water partition coefficient (Wildman–Crippen LogP) is 5.45. The molecule has 0 saturated carbocycles. The lowest BCUT2D eigenvalue weighted by atomic mass is 9.63. The van der Waals surface area contributed by atoms with Crippen molar-refractivity contribution in [2.75, 3.05) is 10.0 Å². The second-order valence-electron chi connectivity index (χ2n) is 9.47. The van der Waals surface area contributed by atoms with Crippen LogP contribution in [0.2, 0.25) is 0 Å². The number of thiophene rings is 1. The molecule has 2 aliphatic rings. The second kappa shape index (κ2) is 9.92. The third-order valence-electron chi connectivity index (χ3n) is 6.92. The van der Waals surface area contributed by atoms with E-state index in [1.165, 1.54) is 24.3 Å². The fraction of sp³-hybridized carbons (Fsp3) is 0.259. The first-order valence-corrected chi connectivity index (χ1v) is 16.2. The molecule has 204 valence electrons. The summed E-state index contributed by atoms with van der Waals surface area (Å²) in [4.78, 5) is 13.9. The SMILES string of the molecule is CCCC1(CCC)C(=O)C(C2=NS(=O)(=O)c3cc(NS(=O)(=O)c4cccs4)ccc3N2)=C(O)c2ccccc21. The van der Waals surface area contributed by atoms with E-state index in [1.807, 2.05) is 26.0 Å². The van der Waals surface area contributed by atoms with E-state index >= 15 is 0 Å². The molecule has 1 aliphatic carbocycles. The fourth-order valence-electron chi connectivity index (χ4n) is 5.36. The molecule has 39 heavy (non-hydrogen) atoms. The first kappa shape index (κ1) is 27.1. The number of sulfonamides is 2. The lowest BCUT2D eigenvalue weighted by Gasteiger charge is -2.39. The number of rotatable bonds is 8. The summed E-state index contributed by atoms with van der Waals surface area (Å²) >= 11 is 1.03. The highest BCUT2D eigenvalue weighted by molar-refractivity contribution is 7.94. The molecule has 0 bridgehead atoms. The molecule has 0 amide bonds. The summed E-state index contributed by atoms with van der Waals surface area (Å²) in [7, 11) is -8.26. The van der Waals surface area contributed by atoms with E-state index in [4.69, 9.17) is 0 Å². The number of amidine groups is 1. The first-order valence-electron chi connectivity index (χ1n) is 12.4. The minimum Gasteiger partial charge on any atom is -0.506 e. The van der Waals surface area contributed by atoms with Gasteiger partial charge in [0.15, 0.2) is 11.6 Å². The molecule has 3 aromatic rings. The van der Waals surface area contributed by atoms with Crippen molar-refractivity contribution >= 4 is 60.1 Å². The molecular formula is C27H27N3O6S3. The van der Waals surface area contributed by atoms with Crippen LogP contribution < -0.4 is 10.0 Å². The Morgan fingerprint density at radius 2 is 1.77 bits per heavy atom. The summed E-state index contributed by atoms with van der Waals surface area (Å²) in [6, 6.07) is 14.2. The number of ketones is 1. The van der Waals surface area contributed by atoms with Crippen molar-refractivity contribution in [3.8, 4) is 0 Å². The van der Waals surface area contributed by atoms with Gasteiger partial charge < -0.3 is 10.4 Å². The number of fused-ring (bicyclic) bond motifs is 2. The van der Waals surface area contributed by atoms with Gasteiger partial charge in [0.1, 0.15) is 20.4 Å². The highest BCUT2D eigenvalue weighted by atomic mass is 32.2. The number of Topliss-reactive ketones (excluding diaryl/α,β-unsaturated/α-hetero) is 1. The molecule has 2 heterocycles. The Kier molecular flexibility index (Phi) is 6.90. The third kappa shape index (κ3) is 4.56. The van der Waals surface area contributed by atoms with E-state index in [0.29, 0.717) is 31.2 Å². The maximum absolute atomic E-state index is 14.1. The number of hydrogen-bond donors (Lipinski definition) is 3. The lowest BCUT2D eigenvalue weighted by molar-refractivity contribution is -0.121. The molecule has 5 rings (SSSR count). The molecule has 3 N–H and O–H groups in total. The van der Waals surface area contributed by atoms with Crippen molar-refractivity contribution in [1.29, 1.82) is 0 Å². The molecule has 0 saturated heterocycles. The van der Waals surface area contributed by atoms with Gasteiger partial charge in [-0.25, -0.2) is 8.42 Å². The van der Waals surface area contributed by atoms with Gasteiger partial charge in [-0.1, -0.05) is 57.0 Å². The predicted molar refractivity (Wildman–Crippen MR) is 152 cm³/mol. The number of carbonyl (C=O) groups is 1. The van der Waals surface area contributed by atoms with Crippen LogP contribution in [0.25, 0.3) is 5.76 Å². The van der Waals surface area contributed by atoms with Gasteiger partial charge >= 0.3 is 0 Å². The summed E-state index contributed by atoms with van der Waals surface area (Å²) in [6.07, 6.45) is 2.47. The Bertz CT molecular complexity index is 1730. The summed E-state index contributed by atoms with van der Waals surface area (Å²) in [5, 5.41) is 15.8. The van der Waals surface area contributed by atoms with E-state index in [2.05, 4.69) is 14.4 Å². The molecule has 0 unspecified atom stereocenters. The summed E-state index contributed by atoms with van der Waals surface area (Å²) in [5.74, 6) is -0.973. The number of aliphatic hydroxyl groups is 1. The van der Waals surface area contributed by atoms with Crippen LogP contribution in [0, 0.1) is 0 Å². The molecule has 0 fully saturated rings. The molecule has 0 atom stereocenters. The van der Waals surface area contributed by atoms with Gasteiger partial charge in [0, 0.05) is 5.56 Å². The fourth-order valence-corrected chi connectivity index (χ4v) is 8.55. The Labute approximate surface area is 231 Å². The van der Waals surface area contributed by atoms with E-state index in [9.17, 15) is 26.7 Å². The zero-order valence-corrected chi connectivity index (χ0v) is 23.7. The van der Waals surface area contributed by atoms with Crippen molar-refractivity contribution in [3.05, 3.63) is 76.7 Å². The van der Waals surface area contributed by atoms with Gasteiger partial charge in [-0.15, -0.1) is 15.7 Å². The third-order valence-corrected chi connectivity index (χ3v) is 11.0. The van der Waals surface area contributed by atoms with Crippen LogP contribution in [-0.4, -0.2) is 33.6 Å². The van der Waals surface area contributed by atoms with Crippen LogP contribution in [0.3, 0.4) is 0 Å². The number of hydrogen-bond acceptors (Lipinski definition) is 8. The van der Waals surface area contributed by atoms with Crippen LogP contribution in [0.15, 0.2) is 79.1 Å². The minimum atomic E-state index is -4.36. The largest absolute Gasteiger partial charge is 0.506 e. The zero-order valence-electron chi connectivity index (χ0n) is 21.3. The van der Waals surface area contributed by atoms with Crippen molar-refractivity contribution in [1.82, 2.24) is 0 Å². The maximum Gasteiger partial charge on any atom is 0.286 e. The quantitative estimate of drug-likeness (QED) is 0.319. The molecule has 12 heteroatoms. The molecule has 9 nitrogen and oxygen atoms in total. The number of nitrogens with one attached hydrogen (secondary N) is 2. The highest BCUT2D eigenvalue weighted by Gasteiger charge is 2.48. The van der Waals surface area contributed by atoms with Crippen molar-refractivity contribution < 1.29 is 26.7 Å². The normalized spacial score (nSPS) is 17.6. The maximum atomic E-state index is 14.1. The van der Waals surface area contributed by atoms with Gasteiger partial charge in [0.2, 0.25) is 0 Å². The monoisotopic (exact) mass is 585 g/mol. The van der Waals surface area contributed by atoms with Gasteiger partial charge in [-0.3, -0.25) is 9.52 Å². The van der Waals surface area contributed by atoms with Gasteiger partial charge in [-0.2, -0.15) is 8.42 Å². The van der Waals surface area contributed by atoms with E-state index < -0.39 is 25.5 Å². The topological polar surface area (TPSA) is 142 Å². The Morgan fingerprint density at radius 3 is 2.44 bits per heavy atom. The average Bonchev–Trinajstić information content (AvgIpc) is 3.44. The minimum absolute atomic E-state index is 0.0424. The van der Waals surface area contributed by atoms with E-state index in [0.717, 1.165) is 16.9 Å². The van der Waals surface area contributed by atoms with Gasteiger partial charge in [0.05, 0.1) is 16.8 Å². The number of aliphatic hydroxyl groups excluding tert-OH is 1. The van der Waals surface area contributed by atoms with Crippen LogP contribution in [-0.2, 0) is 30.3 Å². The van der Waals surface area contributed by atoms with Crippen molar-refractivity contribution in [3.63, 3.8) is 0 Å². The standard InChI is InChI=1S/C27H27N3O6S3/c1-3-13-27(14-4-2)19-9-6-5-8-18(19)24(31)23(25(27)32)26-28-20-12-11-17(16-21(20)38(33,34)30-26)29-39(35,36)22-10-7-15-37-22/h5-12,15-16,29,31H,3-4,13-14H2,1-2H3,(H,28,30). The molecule has 1 aromatic heterocycles. The van der Waals surface area contributed by atoms with Crippen LogP contribution in [0.5, 0.6) is 0 Å². The van der Waals surface area contributed by atoms with Crippen LogP contribution in [0.1, 0.15) is 50.7 Å². The van der Waals surface area contributed by atoms with Crippen molar-refractivity contribution in [2.24, 2.45) is 4.40 Å². The lowest BCUT2D eigenvalue weighted by Crippen LogP contribution is -2.44. The molecule has 0 radical (unpaired) electrons. The van der Waals surface area contributed by atoms with Gasteiger partial charge in [-0.05, 0) is 48.1 Å². The Balaban J connectivity index is 1.59. The summed E-state index contributed by atoms with van der Waals surface area (Å²) in [6.45, 7) is 3.96.